The van der Waals surface area contributed by atoms with Crippen molar-refractivity contribution in [2.45, 2.75) is 20.4 Å². The molecule has 18 heavy (non-hydrogen) atoms. The Labute approximate surface area is 114 Å². The summed E-state index contributed by atoms with van der Waals surface area (Å²) in [5.74, 6) is -0.367. The van der Waals surface area contributed by atoms with Crippen LogP contribution >= 0.6 is 22.7 Å². The predicted molar refractivity (Wildman–Crippen MR) is 74.5 cm³/mol. The largest absolute Gasteiger partial charge is 0.461 e. The Bertz CT molecular complexity index is 534. The zero-order valence-electron chi connectivity index (χ0n) is 10.2. The monoisotopic (exact) mass is 282 g/mol. The van der Waals surface area contributed by atoms with Gasteiger partial charge in [-0.25, -0.2) is 9.78 Å². The zero-order valence-corrected chi connectivity index (χ0v) is 11.9. The van der Waals surface area contributed by atoms with E-state index in [9.17, 15) is 4.79 Å². The highest BCUT2D eigenvalue weighted by atomic mass is 32.1. The van der Waals surface area contributed by atoms with Gasteiger partial charge in [0.15, 0.2) is 10.8 Å². The second-order valence-corrected chi connectivity index (χ2v) is 5.29. The Kier molecular flexibility index (Phi) is 4.33. The van der Waals surface area contributed by atoms with Crippen molar-refractivity contribution in [2.75, 3.05) is 11.9 Å². The maximum Gasteiger partial charge on any atom is 0.357 e. The van der Waals surface area contributed by atoms with Crippen molar-refractivity contribution >= 4 is 33.8 Å². The summed E-state index contributed by atoms with van der Waals surface area (Å²) in [5, 5.41) is 9.89. The van der Waals surface area contributed by atoms with Gasteiger partial charge in [0, 0.05) is 11.9 Å². The van der Waals surface area contributed by atoms with Crippen LogP contribution in [0.5, 0.6) is 0 Å². The lowest BCUT2D eigenvalue weighted by atomic mass is 10.2. The molecule has 0 amide bonds. The number of thiazole rings is 1. The number of nitrogens with zero attached hydrogens (tertiary/aromatic N) is 1. The van der Waals surface area contributed by atoms with Gasteiger partial charge in [-0.3, -0.25) is 0 Å². The van der Waals surface area contributed by atoms with Crippen molar-refractivity contribution < 1.29 is 9.53 Å². The second kappa shape index (κ2) is 5.97. The average molecular weight is 282 g/mol. The number of aromatic nitrogens is 1. The number of thiophene rings is 1. The van der Waals surface area contributed by atoms with Gasteiger partial charge in [0.25, 0.3) is 0 Å². The molecule has 4 nitrogen and oxygen atoms in total. The molecule has 0 radical (unpaired) electrons. The fourth-order valence-electron chi connectivity index (χ4n) is 1.39. The van der Waals surface area contributed by atoms with Gasteiger partial charge >= 0.3 is 5.97 Å². The summed E-state index contributed by atoms with van der Waals surface area (Å²) in [6.07, 6.45) is 0. The molecule has 96 valence electrons. The fourth-order valence-corrected chi connectivity index (χ4v) is 2.93. The van der Waals surface area contributed by atoms with E-state index in [4.69, 9.17) is 4.74 Å². The Balaban J connectivity index is 1.95. The lowest BCUT2D eigenvalue weighted by Gasteiger charge is -2.01. The van der Waals surface area contributed by atoms with E-state index in [1.165, 1.54) is 22.5 Å². The van der Waals surface area contributed by atoms with E-state index in [1.54, 1.807) is 23.6 Å². The van der Waals surface area contributed by atoms with Gasteiger partial charge < -0.3 is 10.1 Å². The number of rotatable bonds is 5. The number of nitrogens with one attached hydrogen (secondary N) is 1. The molecule has 0 saturated carbocycles. The van der Waals surface area contributed by atoms with Crippen LogP contribution in [0.15, 0.2) is 16.1 Å². The maximum absolute atomic E-state index is 11.4. The second-order valence-electron chi connectivity index (χ2n) is 3.69. The average Bonchev–Trinajstić information content (AvgIpc) is 2.96. The van der Waals surface area contributed by atoms with Crippen LogP contribution in [0.1, 0.15) is 28.5 Å². The van der Waals surface area contributed by atoms with Gasteiger partial charge in [0.2, 0.25) is 0 Å². The SMILES string of the molecule is CCOC(=O)c1csc(NCc2cscc2C)n1. The van der Waals surface area contributed by atoms with Crippen molar-refractivity contribution in [2.24, 2.45) is 0 Å². The fraction of sp³-hybridized carbons (Fsp3) is 0.333. The van der Waals surface area contributed by atoms with Gasteiger partial charge in [-0.2, -0.15) is 11.3 Å². The third-order valence-corrected chi connectivity index (χ3v) is 4.09. The zero-order chi connectivity index (χ0) is 13.0. The summed E-state index contributed by atoms with van der Waals surface area (Å²) in [7, 11) is 0. The van der Waals surface area contributed by atoms with E-state index in [-0.39, 0.29) is 5.97 Å². The number of carbonyl (C=O) groups is 1. The molecule has 0 atom stereocenters. The number of carbonyl (C=O) groups excluding carboxylic acids is 1. The summed E-state index contributed by atoms with van der Waals surface area (Å²) in [6.45, 7) is 4.96. The van der Waals surface area contributed by atoms with Crippen molar-refractivity contribution in [3.05, 3.63) is 33.0 Å². The van der Waals surface area contributed by atoms with Crippen LogP contribution in [0, 0.1) is 6.92 Å². The Morgan fingerprint density at radius 3 is 2.94 bits per heavy atom. The van der Waals surface area contributed by atoms with Crippen LogP contribution in [-0.4, -0.2) is 17.6 Å². The number of ether oxygens (including phenoxy) is 1. The molecule has 0 aliphatic heterocycles. The van der Waals surface area contributed by atoms with E-state index in [0.29, 0.717) is 12.3 Å². The first-order valence-electron chi connectivity index (χ1n) is 5.59. The molecule has 2 aromatic heterocycles. The van der Waals surface area contributed by atoms with Crippen LogP contribution in [0.4, 0.5) is 5.13 Å². The van der Waals surface area contributed by atoms with Gasteiger partial charge in [-0.1, -0.05) is 0 Å². The van der Waals surface area contributed by atoms with Crippen LogP contribution in [-0.2, 0) is 11.3 Å². The third kappa shape index (κ3) is 3.08. The highest BCUT2D eigenvalue weighted by Gasteiger charge is 2.11. The maximum atomic E-state index is 11.4. The Morgan fingerprint density at radius 1 is 1.44 bits per heavy atom. The molecule has 0 spiro atoms. The highest BCUT2D eigenvalue weighted by molar-refractivity contribution is 7.13. The minimum atomic E-state index is -0.367. The first kappa shape index (κ1) is 13.0. The number of anilines is 1. The molecule has 2 rings (SSSR count). The Morgan fingerprint density at radius 2 is 2.28 bits per heavy atom. The van der Waals surface area contributed by atoms with Crippen molar-refractivity contribution in [3.63, 3.8) is 0 Å². The van der Waals surface area contributed by atoms with Gasteiger partial charge in [-0.05, 0) is 35.7 Å². The molecule has 0 fully saturated rings. The van der Waals surface area contributed by atoms with Crippen LogP contribution in [0.25, 0.3) is 0 Å². The molecule has 6 heteroatoms. The van der Waals surface area contributed by atoms with Crippen LogP contribution < -0.4 is 5.32 Å². The third-order valence-electron chi connectivity index (χ3n) is 2.38. The molecule has 0 saturated heterocycles. The quantitative estimate of drug-likeness (QED) is 0.855. The van der Waals surface area contributed by atoms with Gasteiger partial charge in [-0.15, -0.1) is 11.3 Å². The van der Waals surface area contributed by atoms with E-state index in [0.717, 1.165) is 11.7 Å². The molecule has 0 unspecified atom stereocenters. The lowest BCUT2D eigenvalue weighted by molar-refractivity contribution is 0.0520. The highest BCUT2D eigenvalue weighted by Crippen LogP contribution is 2.19. The number of hydrogen-bond donors (Lipinski definition) is 1. The summed E-state index contributed by atoms with van der Waals surface area (Å²) in [5.41, 5.74) is 2.90. The minimum Gasteiger partial charge on any atom is -0.461 e. The molecule has 0 aromatic carbocycles. The van der Waals surface area contributed by atoms with Gasteiger partial charge in [0.05, 0.1) is 6.61 Å². The van der Waals surface area contributed by atoms with E-state index < -0.39 is 0 Å². The molecule has 0 aliphatic carbocycles. The first-order valence-corrected chi connectivity index (χ1v) is 7.41. The summed E-state index contributed by atoms with van der Waals surface area (Å²) in [6, 6.07) is 0. The molecule has 1 N–H and O–H groups in total. The number of aryl methyl sites for hydroxylation is 1. The predicted octanol–water partition coefficient (Wildman–Crippen LogP) is 3.30. The molecular formula is C12H14N2O2S2. The molecule has 2 aromatic rings. The van der Waals surface area contributed by atoms with E-state index in [1.807, 2.05) is 0 Å². The molecule has 0 bridgehead atoms. The normalized spacial score (nSPS) is 10.3. The van der Waals surface area contributed by atoms with Crippen molar-refractivity contribution in [1.29, 1.82) is 0 Å². The summed E-state index contributed by atoms with van der Waals surface area (Å²) >= 11 is 3.10. The molecular weight excluding hydrogens is 268 g/mol. The minimum absolute atomic E-state index is 0.367. The van der Waals surface area contributed by atoms with Crippen molar-refractivity contribution in [3.8, 4) is 0 Å². The number of esters is 1. The molecule has 2 heterocycles. The van der Waals surface area contributed by atoms with E-state index in [2.05, 4.69) is 28.0 Å². The summed E-state index contributed by atoms with van der Waals surface area (Å²) in [4.78, 5) is 15.6. The Hall–Kier alpha value is -1.40. The number of hydrogen-bond acceptors (Lipinski definition) is 6. The van der Waals surface area contributed by atoms with E-state index >= 15 is 0 Å². The van der Waals surface area contributed by atoms with Gasteiger partial charge in [0.1, 0.15) is 0 Å². The lowest BCUT2D eigenvalue weighted by Crippen LogP contribution is -2.05. The standard InChI is InChI=1S/C12H14N2O2S2/c1-3-16-11(15)10-7-18-12(14-10)13-4-9-6-17-5-8(9)2/h5-7H,3-4H2,1-2H3,(H,13,14). The first-order chi connectivity index (χ1) is 8.70. The smallest absolute Gasteiger partial charge is 0.357 e. The van der Waals surface area contributed by atoms with Crippen LogP contribution in [0.3, 0.4) is 0 Å². The summed E-state index contributed by atoms with van der Waals surface area (Å²) < 4.78 is 4.89. The topological polar surface area (TPSA) is 51.2 Å². The van der Waals surface area contributed by atoms with Crippen molar-refractivity contribution in [1.82, 2.24) is 4.98 Å². The molecule has 0 aliphatic rings. The van der Waals surface area contributed by atoms with Crippen LogP contribution in [0.2, 0.25) is 0 Å².